The van der Waals surface area contributed by atoms with Crippen LogP contribution >= 0.6 is 0 Å². The van der Waals surface area contributed by atoms with Gasteiger partial charge in [0.1, 0.15) is 0 Å². The van der Waals surface area contributed by atoms with Crippen LogP contribution in [0.2, 0.25) is 0 Å². The summed E-state index contributed by atoms with van der Waals surface area (Å²) in [6, 6.07) is 0.513. The first-order valence-electron chi connectivity index (χ1n) is 6.87. The molecule has 5 nitrogen and oxygen atoms in total. The number of carbonyl (C=O) groups excluding carboxylic acids is 1. The molecule has 1 saturated heterocycles. The summed E-state index contributed by atoms with van der Waals surface area (Å²) in [4.78, 5) is 15.3. The van der Waals surface area contributed by atoms with Crippen LogP contribution in [-0.4, -0.2) is 69.2 Å². The summed E-state index contributed by atoms with van der Waals surface area (Å²) >= 11 is 0. The van der Waals surface area contributed by atoms with Gasteiger partial charge >= 0.3 is 6.03 Å². The minimum Gasteiger partial charge on any atom is -0.337 e. The average Bonchev–Trinajstić information content (AvgIpc) is 2.34. The molecule has 0 aromatic rings. The number of carbonyl (C=O) groups is 1. The van der Waals surface area contributed by atoms with Gasteiger partial charge in [-0.05, 0) is 45.8 Å². The van der Waals surface area contributed by atoms with E-state index >= 15 is 0 Å². The van der Waals surface area contributed by atoms with Crippen molar-refractivity contribution in [1.82, 2.24) is 20.4 Å². The van der Waals surface area contributed by atoms with E-state index in [1.54, 1.807) is 19.0 Å². The zero-order valence-corrected chi connectivity index (χ0v) is 12.2. The van der Waals surface area contributed by atoms with Crippen molar-refractivity contribution in [3.05, 3.63) is 0 Å². The lowest BCUT2D eigenvalue weighted by molar-refractivity contribution is 0.189. The molecule has 1 aliphatic rings. The number of urea groups is 1. The van der Waals surface area contributed by atoms with Crippen molar-refractivity contribution in [2.45, 2.75) is 25.8 Å². The molecule has 1 atom stereocenters. The van der Waals surface area contributed by atoms with E-state index < -0.39 is 0 Å². The molecule has 0 aromatic heterocycles. The van der Waals surface area contributed by atoms with Gasteiger partial charge in [-0.3, -0.25) is 0 Å². The lowest BCUT2D eigenvalue weighted by Gasteiger charge is -2.33. The van der Waals surface area contributed by atoms with Crippen molar-refractivity contribution in [3.63, 3.8) is 0 Å². The number of rotatable bonds is 5. The second-order valence-electron chi connectivity index (χ2n) is 5.51. The van der Waals surface area contributed by atoms with Crippen molar-refractivity contribution in [2.75, 3.05) is 47.3 Å². The van der Waals surface area contributed by atoms with E-state index in [0.717, 1.165) is 12.5 Å². The highest BCUT2D eigenvalue weighted by atomic mass is 16.2. The van der Waals surface area contributed by atoms with Crippen molar-refractivity contribution in [3.8, 4) is 0 Å². The number of likely N-dealkylation sites (tertiary alicyclic amines) is 1. The summed E-state index contributed by atoms with van der Waals surface area (Å²) in [6.07, 6.45) is 2.55. The SMILES string of the molecule is CC(NCCNC(=O)N(C)C)C1CCN(C)CC1. The van der Waals surface area contributed by atoms with E-state index in [0.29, 0.717) is 12.6 Å². The van der Waals surface area contributed by atoms with Gasteiger partial charge in [0, 0.05) is 33.2 Å². The molecule has 5 heteroatoms. The van der Waals surface area contributed by atoms with Crippen molar-refractivity contribution < 1.29 is 4.79 Å². The fourth-order valence-electron chi connectivity index (χ4n) is 2.32. The molecule has 0 radical (unpaired) electrons. The van der Waals surface area contributed by atoms with Gasteiger partial charge < -0.3 is 20.4 Å². The first-order chi connectivity index (χ1) is 8.50. The predicted octanol–water partition coefficient (Wildman–Crippen LogP) is 0.578. The topological polar surface area (TPSA) is 47.6 Å². The van der Waals surface area contributed by atoms with Crippen molar-refractivity contribution >= 4 is 6.03 Å². The Morgan fingerprint density at radius 1 is 1.33 bits per heavy atom. The predicted molar refractivity (Wildman–Crippen MR) is 74.8 cm³/mol. The summed E-state index contributed by atoms with van der Waals surface area (Å²) in [7, 11) is 5.69. The maximum absolute atomic E-state index is 11.3. The highest BCUT2D eigenvalue weighted by Crippen LogP contribution is 2.19. The molecule has 0 spiro atoms. The quantitative estimate of drug-likeness (QED) is 0.707. The normalized spacial score (nSPS) is 19.6. The van der Waals surface area contributed by atoms with Crippen LogP contribution < -0.4 is 10.6 Å². The lowest BCUT2D eigenvalue weighted by atomic mass is 9.90. The number of piperidine rings is 1. The van der Waals surface area contributed by atoms with Crippen LogP contribution in [-0.2, 0) is 0 Å². The first-order valence-corrected chi connectivity index (χ1v) is 6.87. The van der Waals surface area contributed by atoms with Gasteiger partial charge in [0.15, 0.2) is 0 Å². The molecule has 1 heterocycles. The van der Waals surface area contributed by atoms with E-state index in [9.17, 15) is 4.79 Å². The summed E-state index contributed by atoms with van der Waals surface area (Å²) in [5.41, 5.74) is 0. The molecule has 1 rings (SSSR count). The maximum Gasteiger partial charge on any atom is 0.316 e. The summed E-state index contributed by atoms with van der Waals surface area (Å²) in [6.45, 7) is 6.19. The van der Waals surface area contributed by atoms with Crippen LogP contribution in [0.25, 0.3) is 0 Å². The van der Waals surface area contributed by atoms with Gasteiger partial charge in [0.2, 0.25) is 0 Å². The highest BCUT2D eigenvalue weighted by molar-refractivity contribution is 5.73. The zero-order chi connectivity index (χ0) is 13.5. The van der Waals surface area contributed by atoms with Crippen LogP contribution in [0.15, 0.2) is 0 Å². The van der Waals surface area contributed by atoms with Gasteiger partial charge in [-0.15, -0.1) is 0 Å². The molecular formula is C13H28N4O. The van der Waals surface area contributed by atoms with Crippen LogP contribution in [0.5, 0.6) is 0 Å². The number of hydrogen-bond donors (Lipinski definition) is 2. The van der Waals surface area contributed by atoms with Crippen LogP contribution in [0.1, 0.15) is 19.8 Å². The summed E-state index contributed by atoms with van der Waals surface area (Å²) in [5, 5.41) is 6.37. The van der Waals surface area contributed by atoms with Gasteiger partial charge in [-0.2, -0.15) is 0 Å². The fourth-order valence-corrected chi connectivity index (χ4v) is 2.32. The van der Waals surface area contributed by atoms with Gasteiger partial charge in [0.05, 0.1) is 0 Å². The second-order valence-corrected chi connectivity index (χ2v) is 5.51. The molecule has 1 fully saturated rings. The van der Waals surface area contributed by atoms with E-state index in [1.165, 1.54) is 25.9 Å². The Kier molecular flexibility index (Phi) is 6.43. The van der Waals surface area contributed by atoms with E-state index in [-0.39, 0.29) is 6.03 Å². The molecule has 106 valence electrons. The Morgan fingerprint density at radius 2 is 1.94 bits per heavy atom. The molecular weight excluding hydrogens is 228 g/mol. The van der Waals surface area contributed by atoms with Crippen LogP contribution in [0.4, 0.5) is 4.79 Å². The molecule has 0 saturated carbocycles. The minimum absolute atomic E-state index is 0.0243. The first kappa shape index (κ1) is 15.2. The fraction of sp³-hybridized carbons (Fsp3) is 0.923. The number of hydrogen-bond acceptors (Lipinski definition) is 3. The standard InChI is InChI=1S/C13H28N4O/c1-11(12-5-9-17(4)10-6-12)14-7-8-15-13(18)16(2)3/h11-12,14H,5-10H2,1-4H3,(H,15,18). The Morgan fingerprint density at radius 3 is 2.50 bits per heavy atom. The van der Waals surface area contributed by atoms with Gasteiger partial charge in [-0.1, -0.05) is 0 Å². The second kappa shape index (κ2) is 7.59. The third-order valence-electron chi connectivity index (χ3n) is 3.74. The average molecular weight is 256 g/mol. The molecule has 1 unspecified atom stereocenters. The third-order valence-corrected chi connectivity index (χ3v) is 3.74. The van der Waals surface area contributed by atoms with Gasteiger partial charge in [-0.25, -0.2) is 4.79 Å². The molecule has 2 amide bonds. The van der Waals surface area contributed by atoms with E-state index in [2.05, 4.69) is 29.5 Å². The van der Waals surface area contributed by atoms with Gasteiger partial charge in [0.25, 0.3) is 0 Å². The molecule has 1 aliphatic heterocycles. The molecule has 0 bridgehead atoms. The molecule has 0 aliphatic carbocycles. The van der Waals surface area contributed by atoms with Crippen LogP contribution in [0.3, 0.4) is 0 Å². The summed E-state index contributed by atoms with van der Waals surface area (Å²) < 4.78 is 0. The number of amides is 2. The van der Waals surface area contributed by atoms with Crippen molar-refractivity contribution in [1.29, 1.82) is 0 Å². The summed E-state index contributed by atoms with van der Waals surface area (Å²) in [5.74, 6) is 0.769. The van der Waals surface area contributed by atoms with E-state index in [4.69, 9.17) is 0 Å². The highest BCUT2D eigenvalue weighted by Gasteiger charge is 2.21. The Labute approximate surface area is 111 Å². The Hall–Kier alpha value is -0.810. The molecule has 0 aromatic carbocycles. The maximum atomic E-state index is 11.3. The molecule has 2 N–H and O–H groups in total. The lowest BCUT2D eigenvalue weighted by Crippen LogP contribution is -2.44. The van der Waals surface area contributed by atoms with E-state index in [1.807, 2.05) is 0 Å². The monoisotopic (exact) mass is 256 g/mol. The minimum atomic E-state index is -0.0243. The van der Waals surface area contributed by atoms with Crippen molar-refractivity contribution in [2.24, 2.45) is 5.92 Å². The third kappa shape index (κ3) is 5.23. The van der Waals surface area contributed by atoms with Crippen LogP contribution in [0, 0.1) is 5.92 Å². The number of nitrogens with zero attached hydrogens (tertiary/aromatic N) is 2. The smallest absolute Gasteiger partial charge is 0.316 e. The zero-order valence-electron chi connectivity index (χ0n) is 12.2. The number of nitrogens with one attached hydrogen (secondary N) is 2. The Balaban J connectivity index is 2.10. The molecule has 18 heavy (non-hydrogen) atoms. The Bertz CT molecular complexity index is 249. The largest absolute Gasteiger partial charge is 0.337 e.